The van der Waals surface area contributed by atoms with E-state index < -0.39 is 6.10 Å². The molecule has 1 aliphatic rings. The van der Waals surface area contributed by atoms with Crippen LogP contribution >= 0.6 is 11.3 Å². The second-order valence-corrected chi connectivity index (χ2v) is 7.68. The molecule has 0 radical (unpaired) electrons. The number of thiazole rings is 1. The topological polar surface area (TPSA) is 63.6 Å². The first-order valence-corrected chi connectivity index (χ1v) is 10.1. The van der Waals surface area contributed by atoms with Gasteiger partial charge >= 0.3 is 0 Å². The number of aryl methyl sites for hydroxylation is 1. The van der Waals surface area contributed by atoms with Crippen molar-refractivity contribution in [1.29, 1.82) is 0 Å². The summed E-state index contributed by atoms with van der Waals surface area (Å²) in [5.74, 6) is -0.187. The summed E-state index contributed by atoms with van der Waals surface area (Å²) in [4.78, 5) is 22.4. The highest BCUT2D eigenvalue weighted by Gasteiger charge is 2.33. The molecule has 5 nitrogen and oxygen atoms in total. The molecule has 0 spiro atoms. The van der Waals surface area contributed by atoms with Gasteiger partial charge < -0.3 is 10.2 Å². The van der Waals surface area contributed by atoms with Crippen molar-refractivity contribution < 1.29 is 9.63 Å². The van der Waals surface area contributed by atoms with Gasteiger partial charge in [-0.1, -0.05) is 65.8 Å². The smallest absolute Gasteiger partial charge is 0.264 e. The van der Waals surface area contributed by atoms with Crippen LogP contribution in [-0.4, -0.2) is 22.7 Å². The number of rotatable bonds is 6. The summed E-state index contributed by atoms with van der Waals surface area (Å²) < 4.78 is 0. The second-order valence-electron chi connectivity index (χ2n) is 6.74. The van der Waals surface area contributed by atoms with Crippen molar-refractivity contribution in [2.75, 3.05) is 0 Å². The van der Waals surface area contributed by atoms with Gasteiger partial charge in [0.1, 0.15) is 5.01 Å². The van der Waals surface area contributed by atoms with Crippen LogP contribution in [0.1, 0.15) is 34.2 Å². The number of hydrogen-bond acceptors (Lipinski definition) is 5. The number of nitrogens with one attached hydrogen (secondary N) is 1. The van der Waals surface area contributed by atoms with Crippen LogP contribution in [0.3, 0.4) is 0 Å². The molecule has 0 aliphatic carbocycles. The van der Waals surface area contributed by atoms with Gasteiger partial charge in [0.15, 0.2) is 0 Å². The quantitative estimate of drug-likeness (QED) is 0.690. The number of aromatic nitrogens is 1. The third-order valence-corrected chi connectivity index (χ3v) is 5.63. The third-order valence-electron chi connectivity index (χ3n) is 4.66. The summed E-state index contributed by atoms with van der Waals surface area (Å²) in [6, 6.07) is 20.4. The maximum atomic E-state index is 12.5. The van der Waals surface area contributed by atoms with Gasteiger partial charge in [0.2, 0.25) is 6.10 Å². The fraction of sp³-hybridized carbons (Fsp3) is 0.227. The van der Waals surface area contributed by atoms with E-state index >= 15 is 0 Å². The van der Waals surface area contributed by atoms with Gasteiger partial charge in [0.05, 0.1) is 18.2 Å². The Morgan fingerprint density at radius 1 is 1.14 bits per heavy atom. The third kappa shape index (κ3) is 4.12. The van der Waals surface area contributed by atoms with E-state index in [2.05, 4.69) is 39.7 Å². The minimum atomic E-state index is -0.606. The lowest BCUT2D eigenvalue weighted by Gasteiger charge is -2.17. The molecule has 0 fully saturated rings. The number of amides is 1. The lowest BCUT2D eigenvalue weighted by molar-refractivity contribution is -0.131. The van der Waals surface area contributed by atoms with Crippen molar-refractivity contribution in [3.05, 3.63) is 87.9 Å². The van der Waals surface area contributed by atoms with Crippen molar-refractivity contribution in [3.63, 3.8) is 0 Å². The Labute approximate surface area is 168 Å². The molecule has 142 valence electrons. The van der Waals surface area contributed by atoms with Crippen LogP contribution in [-0.2, 0) is 16.2 Å². The molecular weight excluding hydrogens is 370 g/mol. The van der Waals surface area contributed by atoms with Gasteiger partial charge in [0.25, 0.3) is 5.91 Å². The highest BCUT2D eigenvalue weighted by molar-refractivity contribution is 7.09. The molecule has 2 aromatic carbocycles. The molecule has 6 heteroatoms. The Bertz CT molecular complexity index is 930. The monoisotopic (exact) mass is 391 g/mol. The Balaban J connectivity index is 1.46. The fourth-order valence-corrected chi connectivity index (χ4v) is 4.05. The summed E-state index contributed by atoms with van der Waals surface area (Å²) >= 11 is 1.54. The van der Waals surface area contributed by atoms with Crippen molar-refractivity contribution in [3.8, 4) is 0 Å². The summed E-state index contributed by atoms with van der Waals surface area (Å²) in [7, 11) is 0. The van der Waals surface area contributed by atoms with Crippen LogP contribution in [0.15, 0.2) is 71.2 Å². The van der Waals surface area contributed by atoms with Gasteiger partial charge in [0, 0.05) is 17.5 Å². The number of carbonyl (C=O) groups is 1. The summed E-state index contributed by atoms with van der Waals surface area (Å²) in [5, 5.41) is 10.1. The summed E-state index contributed by atoms with van der Waals surface area (Å²) in [5.41, 5.74) is 4.10. The molecule has 4 rings (SSSR count). The fourth-order valence-electron chi connectivity index (χ4n) is 3.34. The zero-order valence-electron chi connectivity index (χ0n) is 15.5. The standard InChI is InChI=1S/C22H21N3O2S/c1-15-14-28-20(24-15)13-23-22(26)19-12-18(25-27-19)21(16-8-4-2-5-9-16)17-10-6-3-7-11-17/h2-11,14,19,21H,12-13H2,1H3,(H,23,26)/t19-/m1/s1. The van der Waals surface area contributed by atoms with E-state index in [1.54, 1.807) is 0 Å². The highest BCUT2D eigenvalue weighted by Crippen LogP contribution is 2.31. The maximum Gasteiger partial charge on any atom is 0.264 e. The average Bonchev–Trinajstić information content (AvgIpc) is 3.37. The molecule has 28 heavy (non-hydrogen) atoms. The Morgan fingerprint density at radius 3 is 2.36 bits per heavy atom. The van der Waals surface area contributed by atoms with E-state index in [1.807, 2.05) is 48.7 Å². The molecule has 2 heterocycles. The molecule has 0 bridgehead atoms. The van der Waals surface area contributed by atoms with E-state index in [9.17, 15) is 4.79 Å². The van der Waals surface area contributed by atoms with Gasteiger partial charge in [-0.05, 0) is 18.1 Å². The van der Waals surface area contributed by atoms with Crippen molar-refractivity contribution >= 4 is 23.0 Å². The van der Waals surface area contributed by atoms with Crippen LogP contribution < -0.4 is 5.32 Å². The van der Waals surface area contributed by atoms with E-state index in [-0.39, 0.29) is 11.8 Å². The van der Waals surface area contributed by atoms with E-state index in [0.29, 0.717) is 13.0 Å². The van der Waals surface area contributed by atoms with Crippen molar-refractivity contribution in [1.82, 2.24) is 10.3 Å². The SMILES string of the molecule is Cc1csc(CNC(=O)[C@H]2CC(C(c3ccccc3)c3ccccc3)=NO2)n1. The van der Waals surface area contributed by atoms with Crippen molar-refractivity contribution in [2.45, 2.75) is 31.9 Å². The zero-order chi connectivity index (χ0) is 19.3. The van der Waals surface area contributed by atoms with Gasteiger partial charge in [-0.3, -0.25) is 4.79 Å². The normalized spacial score (nSPS) is 15.9. The summed E-state index contributed by atoms with van der Waals surface area (Å²) in [6.45, 7) is 2.35. The van der Waals surface area contributed by atoms with Crippen LogP contribution in [0, 0.1) is 6.92 Å². The molecule has 0 unspecified atom stereocenters. The number of benzene rings is 2. The van der Waals surface area contributed by atoms with Crippen LogP contribution in [0.25, 0.3) is 0 Å². The van der Waals surface area contributed by atoms with Crippen LogP contribution in [0.2, 0.25) is 0 Å². The molecule has 0 saturated heterocycles. The maximum absolute atomic E-state index is 12.5. The molecule has 1 aromatic heterocycles. The number of nitrogens with zero attached hydrogens (tertiary/aromatic N) is 2. The van der Waals surface area contributed by atoms with Crippen LogP contribution in [0.4, 0.5) is 0 Å². The number of hydrogen-bond donors (Lipinski definition) is 1. The molecule has 3 aromatic rings. The average molecular weight is 391 g/mol. The zero-order valence-corrected chi connectivity index (χ0v) is 16.4. The van der Waals surface area contributed by atoms with Gasteiger partial charge in [-0.2, -0.15) is 0 Å². The first-order chi connectivity index (χ1) is 13.7. The minimum Gasteiger partial charge on any atom is -0.382 e. The van der Waals surface area contributed by atoms with Crippen LogP contribution in [0.5, 0.6) is 0 Å². The van der Waals surface area contributed by atoms with E-state index in [1.165, 1.54) is 11.3 Å². The molecule has 1 atom stereocenters. The molecule has 0 saturated carbocycles. The highest BCUT2D eigenvalue weighted by atomic mass is 32.1. The minimum absolute atomic E-state index is 0.0261. The molecule has 1 amide bonds. The summed E-state index contributed by atoms with van der Waals surface area (Å²) in [6.07, 6.45) is -0.136. The molecule has 1 aliphatic heterocycles. The van der Waals surface area contributed by atoms with Gasteiger partial charge in [-0.25, -0.2) is 4.98 Å². The lowest BCUT2D eigenvalue weighted by Crippen LogP contribution is -2.34. The largest absolute Gasteiger partial charge is 0.382 e. The molecule has 1 N–H and O–H groups in total. The predicted molar refractivity (Wildman–Crippen MR) is 110 cm³/mol. The van der Waals surface area contributed by atoms with E-state index in [0.717, 1.165) is 27.5 Å². The van der Waals surface area contributed by atoms with Crippen molar-refractivity contribution in [2.24, 2.45) is 5.16 Å². The number of oxime groups is 1. The lowest BCUT2D eigenvalue weighted by atomic mass is 9.85. The first kappa shape index (κ1) is 18.4. The Kier molecular flexibility index (Phi) is 5.48. The Morgan fingerprint density at radius 2 is 1.79 bits per heavy atom. The first-order valence-electron chi connectivity index (χ1n) is 9.22. The molecular formula is C22H21N3O2S. The van der Waals surface area contributed by atoms with Gasteiger partial charge in [-0.15, -0.1) is 11.3 Å². The number of carbonyl (C=O) groups excluding carboxylic acids is 1. The Hall–Kier alpha value is -2.99. The predicted octanol–water partition coefficient (Wildman–Crippen LogP) is 4.04. The second kappa shape index (κ2) is 8.35. The van der Waals surface area contributed by atoms with E-state index in [4.69, 9.17) is 4.84 Å².